The normalized spacial score (nSPS) is 10.4. The quantitative estimate of drug-likeness (QED) is 0.705. The van der Waals surface area contributed by atoms with E-state index in [2.05, 4.69) is 5.43 Å². The van der Waals surface area contributed by atoms with Crippen molar-refractivity contribution in [1.29, 1.82) is 0 Å². The summed E-state index contributed by atoms with van der Waals surface area (Å²) in [7, 11) is 0. The number of hydrogen-bond donors (Lipinski definition) is 2. The maximum atomic E-state index is 12.4. The minimum atomic E-state index is -0.798. The Morgan fingerprint density at radius 1 is 1.00 bits per heavy atom. The van der Waals surface area contributed by atoms with E-state index < -0.39 is 6.03 Å². The molecular weight excluding hydrogens is 338 g/mol. The van der Waals surface area contributed by atoms with Gasteiger partial charge >= 0.3 is 6.03 Å². The number of nitrogens with zero attached hydrogens (tertiary/aromatic N) is 1. The monoisotopic (exact) mass is 353 g/mol. The van der Waals surface area contributed by atoms with Crippen molar-refractivity contribution in [1.82, 2.24) is 5.43 Å². The molecular formula is C19H16ClN3O2. The zero-order valence-electron chi connectivity index (χ0n) is 13.3. The molecule has 0 saturated carbocycles. The second-order valence-corrected chi connectivity index (χ2v) is 5.94. The Kier molecular flexibility index (Phi) is 4.86. The summed E-state index contributed by atoms with van der Waals surface area (Å²) in [6, 6.07) is 19.3. The Morgan fingerprint density at radius 3 is 2.48 bits per heavy atom. The summed E-state index contributed by atoms with van der Waals surface area (Å²) in [5.41, 5.74) is 9.18. The number of halogens is 1. The molecule has 5 nitrogen and oxygen atoms in total. The predicted molar refractivity (Wildman–Crippen MR) is 99.3 cm³/mol. The highest BCUT2D eigenvalue weighted by Crippen LogP contribution is 2.20. The van der Waals surface area contributed by atoms with E-state index in [9.17, 15) is 9.59 Å². The smallest absolute Gasteiger partial charge is 0.338 e. The second-order valence-electron chi connectivity index (χ2n) is 5.50. The lowest BCUT2D eigenvalue weighted by Gasteiger charge is -2.21. The van der Waals surface area contributed by atoms with Crippen LogP contribution in [0.1, 0.15) is 5.56 Å². The molecule has 0 spiro atoms. The van der Waals surface area contributed by atoms with Crippen LogP contribution in [0.3, 0.4) is 0 Å². The van der Waals surface area contributed by atoms with Crippen molar-refractivity contribution in [2.24, 2.45) is 5.73 Å². The maximum Gasteiger partial charge on any atom is 0.338 e. The number of nitrogens with two attached hydrogens (primary N) is 1. The lowest BCUT2D eigenvalue weighted by Crippen LogP contribution is -2.49. The fourth-order valence-corrected chi connectivity index (χ4v) is 2.83. The molecule has 3 N–H and O–H groups in total. The van der Waals surface area contributed by atoms with Gasteiger partial charge in [0.2, 0.25) is 5.91 Å². The molecule has 3 amide bonds. The van der Waals surface area contributed by atoms with E-state index in [1.165, 1.54) is 0 Å². The Bertz CT molecular complexity index is 937. The van der Waals surface area contributed by atoms with Gasteiger partial charge in [0, 0.05) is 5.02 Å². The van der Waals surface area contributed by atoms with Crippen LogP contribution in [-0.2, 0) is 11.2 Å². The fourth-order valence-electron chi connectivity index (χ4n) is 2.65. The van der Waals surface area contributed by atoms with Gasteiger partial charge in [-0.1, -0.05) is 60.1 Å². The maximum absolute atomic E-state index is 12.4. The first kappa shape index (κ1) is 16.8. The predicted octanol–water partition coefficient (Wildman–Crippen LogP) is 3.65. The number of nitrogens with one attached hydrogen (secondary N) is 1. The number of amides is 3. The first-order valence-electron chi connectivity index (χ1n) is 7.66. The van der Waals surface area contributed by atoms with Gasteiger partial charge in [0.15, 0.2) is 0 Å². The lowest BCUT2D eigenvalue weighted by molar-refractivity contribution is -0.120. The topological polar surface area (TPSA) is 75.4 Å². The molecule has 0 radical (unpaired) electrons. The van der Waals surface area contributed by atoms with Crippen LogP contribution in [0.15, 0.2) is 66.7 Å². The minimum absolute atomic E-state index is 0.117. The molecule has 0 unspecified atom stereocenters. The van der Waals surface area contributed by atoms with Crippen molar-refractivity contribution >= 4 is 40.0 Å². The zero-order chi connectivity index (χ0) is 17.8. The van der Waals surface area contributed by atoms with Crippen LogP contribution >= 0.6 is 11.6 Å². The standard InChI is InChI=1S/C19H16ClN3O2/c20-15-8-4-9-16(12-15)23(19(21)25)22-18(24)11-14-7-3-6-13-5-1-2-10-17(13)14/h1-10,12H,11H2,(H2,21,25)(H,22,24). The van der Waals surface area contributed by atoms with Gasteiger partial charge in [-0.05, 0) is 34.5 Å². The summed E-state index contributed by atoms with van der Waals surface area (Å²) in [5.74, 6) is -0.352. The lowest BCUT2D eigenvalue weighted by atomic mass is 10.0. The van der Waals surface area contributed by atoms with Crippen molar-refractivity contribution in [2.45, 2.75) is 6.42 Å². The first-order valence-corrected chi connectivity index (χ1v) is 8.03. The molecule has 0 saturated heterocycles. The number of carbonyl (C=O) groups is 2. The number of benzene rings is 3. The molecule has 0 bridgehead atoms. The summed E-state index contributed by atoms with van der Waals surface area (Å²) < 4.78 is 0. The van der Waals surface area contributed by atoms with E-state index in [1.807, 2.05) is 42.5 Å². The van der Waals surface area contributed by atoms with Gasteiger partial charge in [0.05, 0.1) is 12.1 Å². The van der Waals surface area contributed by atoms with Crippen LogP contribution in [0, 0.1) is 0 Å². The third-order valence-corrected chi connectivity index (χ3v) is 3.99. The van der Waals surface area contributed by atoms with Crippen molar-refractivity contribution in [3.8, 4) is 0 Å². The van der Waals surface area contributed by atoms with Gasteiger partial charge in [-0.25, -0.2) is 9.80 Å². The number of carbonyl (C=O) groups excluding carboxylic acids is 2. The SMILES string of the molecule is NC(=O)N(NC(=O)Cc1cccc2ccccc12)c1cccc(Cl)c1. The van der Waals surface area contributed by atoms with E-state index in [1.54, 1.807) is 24.3 Å². The van der Waals surface area contributed by atoms with E-state index in [0.717, 1.165) is 21.3 Å². The molecule has 0 aliphatic rings. The number of anilines is 1. The van der Waals surface area contributed by atoms with Crippen LogP contribution in [0.2, 0.25) is 5.02 Å². The number of hydrogen-bond acceptors (Lipinski definition) is 2. The molecule has 3 aromatic rings. The summed E-state index contributed by atoms with van der Waals surface area (Å²) >= 11 is 5.93. The van der Waals surface area contributed by atoms with Crippen LogP contribution in [0.25, 0.3) is 10.8 Å². The molecule has 6 heteroatoms. The van der Waals surface area contributed by atoms with Crippen LogP contribution < -0.4 is 16.2 Å². The first-order chi connectivity index (χ1) is 12.0. The Hall–Kier alpha value is -3.05. The molecule has 0 atom stereocenters. The average molecular weight is 354 g/mol. The number of urea groups is 1. The van der Waals surface area contributed by atoms with Gasteiger partial charge in [0.1, 0.15) is 0 Å². The molecule has 25 heavy (non-hydrogen) atoms. The van der Waals surface area contributed by atoms with Crippen LogP contribution in [0.5, 0.6) is 0 Å². The summed E-state index contributed by atoms with van der Waals surface area (Å²) in [6.45, 7) is 0. The van der Waals surface area contributed by atoms with Crippen molar-refractivity contribution in [2.75, 3.05) is 5.01 Å². The molecule has 3 rings (SSSR count). The second kappa shape index (κ2) is 7.23. The molecule has 0 aliphatic carbocycles. The van der Waals surface area contributed by atoms with E-state index in [4.69, 9.17) is 17.3 Å². The van der Waals surface area contributed by atoms with E-state index >= 15 is 0 Å². The number of rotatable bonds is 3. The van der Waals surface area contributed by atoms with Crippen molar-refractivity contribution in [3.05, 3.63) is 77.3 Å². The number of primary amides is 1. The van der Waals surface area contributed by atoms with E-state index in [0.29, 0.717) is 10.7 Å². The van der Waals surface area contributed by atoms with E-state index in [-0.39, 0.29) is 12.3 Å². The highest BCUT2D eigenvalue weighted by atomic mass is 35.5. The van der Waals surface area contributed by atoms with Gasteiger partial charge in [0.25, 0.3) is 0 Å². The van der Waals surface area contributed by atoms with Gasteiger partial charge in [-0.2, -0.15) is 0 Å². The molecule has 3 aromatic carbocycles. The van der Waals surface area contributed by atoms with Crippen molar-refractivity contribution in [3.63, 3.8) is 0 Å². The molecule has 0 aromatic heterocycles. The van der Waals surface area contributed by atoms with Gasteiger partial charge in [-0.3, -0.25) is 10.2 Å². The Balaban J connectivity index is 1.81. The molecule has 0 aliphatic heterocycles. The highest BCUT2D eigenvalue weighted by Gasteiger charge is 2.16. The Labute approximate surface area is 150 Å². The van der Waals surface area contributed by atoms with Crippen LogP contribution in [-0.4, -0.2) is 11.9 Å². The number of fused-ring (bicyclic) bond motifs is 1. The molecule has 0 heterocycles. The van der Waals surface area contributed by atoms with Gasteiger partial charge < -0.3 is 5.73 Å². The average Bonchev–Trinajstić information content (AvgIpc) is 2.60. The summed E-state index contributed by atoms with van der Waals surface area (Å²) in [4.78, 5) is 24.1. The zero-order valence-corrected chi connectivity index (χ0v) is 14.0. The highest BCUT2D eigenvalue weighted by molar-refractivity contribution is 6.30. The molecule has 0 fully saturated rings. The summed E-state index contributed by atoms with van der Waals surface area (Å²) in [6.07, 6.45) is 0.117. The molecule has 126 valence electrons. The fraction of sp³-hybridized carbons (Fsp3) is 0.0526. The van der Waals surface area contributed by atoms with Crippen LogP contribution in [0.4, 0.5) is 10.5 Å². The minimum Gasteiger partial charge on any atom is -0.350 e. The largest absolute Gasteiger partial charge is 0.350 e. The summed E-state index contributed by atoms with van der Waals surface area (Å²) in [5, 5.41) is 3.47. The third-order valence-electron chi connectivity index (χ3n) is 3.75. The van der Waals surface area contributed by atoms with Crippen molar-refractivity contribution < 1.29 is 9.59 Å². The van der Waals surface area contributed by atoms with Gasteiger partial charge in [-0.15, -0.1) is 0 Å². The third kappa shape index (κ3) is 3.89. The number of hydrazine groups is 1. The Morgan fingerprint density at radius 2 is 1.72 bits per heavy atom.